The number of hydrogen-bond donors (Lipinski definition) is 2. The molecule has 86 valence electrons. The minimum Gasteiger partial charge on any atom is -0.508 e. The van der Waals surface area contributed by atoms with Crippen molar-refractivity contribution in [3.8, 4) is 5.75 Å². The van der Waals surface area contributed by atoms with Crippen LogP contribution < -0.4 is 0 Å². The van der Waals surface area contributed by atoms with Crippen LogP contribution >= 0.6 is 0 Å². The zero-order valence-corrected chi connectivity index (χ0v) is 8.97. The number of aliphatic hydroxyl groups excluding tert-OH is 1. The topological polar surface area (TPSA) is 60.8 Å². The summed E-state index contributed by atoms with van der Waals surface area (Å²) >= 11 is 0. The molecule has 1 fully saturated rings. The number of nitrogens with zero attached hydrogens (tertiary/aromatic N) is 1. The van der Waals surface area contributed by atoms with Crippen LogP contribution in [-0.4, -0.2) is 40.2 Å². The number of rotatable bonds is 2. The average molecular weight is 221 g/mol. The van der Waals surface area contributed by atoms with Gasteiger partial charge in [0.2, 0.25) is 0 Å². The summed E-state index contributed by atoms with van der Waals surface area (Å²) in [6.07, 6.45) is 1.80. The second-order valence-electron chi connectivity index (χ2n) is 4.02. The van der Waals surface area contributed by atoms with E-state index < -0.39 is 0 Å². The number of phenolic OH excluding ortho intramolecular Hbond substituents is 1. The fourth-order valence-electron chi connectivity index (χ4n) is 2.06. The first kappa shape index (κ1) is 11.0. The summed E-state index contributed by atoms with van der Waals surface area (Å²) in [5.41, 5.74) is 0.554. The van der Waals surface area contributed by atoms with Crippen LogP contribution in [0.25, 0.3) is 0 Å². The Morgan fingerprint density at radius 1 is 1.38 bits per heavy atom. The fraction of sp³-hybridized carbons (Fsp3) is 0.417. The molecule has 0 radical (unpaired) electrons. The maximum atomic E-state index is 12.1. The number of likely N-dealkylation sites (tertiary alicyclic amines) is 1. The predicted molar refractivity (Wildman–Crippen MR) is 59.3 cm³/mol. The van der Waals surface area contributed by atoms with Crippen LogP contribution in [0.5, 0.6) is 5.75 Å². The lowest BCUT2D eigenvalue weighted by Crippen LogP contribution is -2.37. The SMILES string of the molecule is O=C(c1ccc(O)cc1)N1CCC[C@@H]1CO. The first-order valence-electron chi connectivity index (χ1n) is 5.43. The number of carbonyl (C=O) groups is 1. The molecular weight excluding hydrogens is 206 g/mol. The Hall–Kier alpha value is -1.55. The molecule has 1 aliphatic heterocycles. The van der Waals surface area contributed by atoms with E-state index in [1.54, 1.807) is 17.0 Å². The Morgan fingerprint density at radius 2 is 2.06 bits per heavy atom. The van der Waals surface area contributed by atoms with E-state index in [9.17, 15) is 4.79 Å². The summed E-state index contributed by atoms with van der Waals surface area (Å²) in [6, 6.07) is 6.14. The minimum atomic E-state index is -0.0726. The standard InChI is InChI=1S/C12H15NO3/c14-8-10-2-1-7-13(10)12(16)9-3-5-11(15)6-4-9/h3-6,10,14-15H,1-2,7-8H2/t10-/m1/s1. The molecule has 1 aliphatic rings. The number of aromatic hydroxyl groups is 1. The number of benzene rings is 1. The summed E-state index contributed by atoms with van der Waals surface area (Å²) < 4.78 is 0. The van der Waals surface area contributed by atoms with Gasteiger partial charge in [0, 0.05) is 12.1 Å². The summed E-state index contributed by atoms with van der Waals surface area (Å²) in [5, 5.41) is 18.3. The molecule has 1 aromatic rings. The van der Waals surface area contributed by atoms with E-state index in [0.717, 1.165) is 12.8 Å². The summed E-state index contributed by atoms with van der Waals surface area (Å²) in [7, 11) is 0. The zero-order chi connectivity index (χ0) is 11.5. The van der Waals surface area contributed by atoms with Gasteiger partial charge >= 0.3 is 0 Å². The van der Waals surface area contributed by atoms with Gasteiger partial charge in [-0.15, -0.1) is 0 Å². The van der Waals surface area contributed by atoms with Gasteiger partial charge in [-0.1, -0.05) is 0 Å². The van der Waals surface area contributed by atoms with E-state index in [1.165, 1.54) is 12.1 Å². The van der Waals surface area contributed by atoms with E-state index in [2.05, 4.69) is 0 Å². The molecule has 16 heavy (non-hydrogen) atoms. The van der Waals surface area contributed by atoms with Crippen molar-refractivity contribution in [2.45, 2.75) is 18.9 Å². The van der Waals surface area contributed by atoms with Crippen molar-refractivity contribution in [1.29, 1.82) is 0 Å². The number of carbonyl (C=O) groups excluding carboxylic acids is 1. The van der Waals surface area contributed by atoms with Gasteiger partial charge in [0.05, 0.1) is 12.6 Å². The van der Waals surface area contributed by atoms with Crippen molar-refractivity contribution >= 4 is 5.91 Å². The third-order valence-electron chi connectivity index (χ3n) is 2.96. The van der Waals surface area contributed by atoms with Crippen LogP contribution in [0.15, 0.2) is 24.3 Å². The molecule has 0 aromatic heterocycles. The minimum absolute atomic E-state index is 0.0177. The van der Waals surface area contributed by atoms with E-state index >= 15 is 0 Å². The van der Waals surface area contributed by atoms with E-state index in [1.807, 2.05) is 0 Å². The molecule has 1 heterocycles. The molecule has 0 unspecified atom stereocenters. The van der Waals surface area contributed by atoms with Crippen LogP contribution in [-0.2, 0) is 0 Å². The van der Waals surface area contributed by atoms with E-state index in [4.69, 9.17) is 10.2 Å². The predicted octanol–water partition coefficient (Wildman–Crippen LogP) is 0.989. The van der Waals surface area contributed by atoms with Gasteiger partial charge in [-0.25, -0.2) is 0 Å². The number of hydrogen-bond acceptors (Lipinski definition) is 3. The van der Waals surface area contributed by atoms with Crippen LogP contribution in [0.3, 0.4) is 0 Å². The molecule has 1 atom stereocenters. The molecule has 1 aromatic carbocycles. The monoisotopic (exact) mass is 221 g/mol. The Balaban J connectivity index is 2.15. The third-order valence-corrected chi connectivity index (χ3v) is 2.96. The first-order chi connectivity index (χ1) is 7.72. The third kappa shape index (κ3) is 2.02. The number of phenols is 1. The van der Waals surface area contributed by atoms with Crippen molar-refractivity contribution in [2.24, 2.45) is 0 Å². The van der Waals surface area contributed by atoms with Crippen LogP contribution in [0.2, 0.25) is 0 Å². The van der Waals surface area contributed by atoms with E-state index in [-0.39, 0.29) is 24.3 Å². The lowest BCUT2D eigenvalue weighted by Gasteiger charge is -2.22. The van der Waals surface area contributed by atoms with Crippen LogP contribution in [0.4, 0.5) is 0 Å². The highest BCUT2D eigenvalue weighted by atomic mass is 16.3. The molecule has 4 heteroatoms. The fourth-order valence-corrected chi connectivity index (χ4v) is 2.06. The molecule has 0 saturated carbocycles. The number of aliphatic hydroxyl groups is 1. The van der Waals surface area contributed by atoms with Gasteiger partial charge in [0.15, 0.2) is 0 Å². The van der Waals surface area contributed by atoms with Crippen molar-refractivity contribution in [1.82, 2.24) is 4.90 Å². The number of amides is 1. The maximum Gasteiger partial charge on any atom is 0.254 e. The zero-order valence-electron chi connectivity index (χ0n) is 8.97. The van der Waals surface area contributed by atoms with Gasteiger partial charge in [-0.05, 0) is 37.1 Å². The molecule has 1 saturated heterocycles. The molecule has 0 aliphatic carbocycles. The Labute approximate surface area is 94.1 Å². The second-order valence-corrected chi connectivity index (χ2v) is 4.02. The van der Waals surface area contributed by atoms with Crippen molar-refractivity contribution in [3.63, 3.8) is 0 Å². The Kier molecular flexibility index (Phi) is 3.10. The van der Waals surface area contributed by atoms with E-state index in [0.29, 0.717) is 12.1 Å². The molecule has 0 bridgehead atoms. The highest BCUT2D eigenvalue weighted by Gasteiger charge is 2.28. The van der Waals surface area contributed by atoms with Gasteiger partial charge < -0.3 is 15.1 Å². The molecule has 4 nitrogen and oxygen atoms in total. The second kappa shape index (κ2) is 4.53. The largest absolute Gasteiger partial charge is 0.508 e. The van der Waals surface area contributed by atoms with Crippen molar-refractivity contribution < 1.29 is 15.0 Å². The normalized spacial score (nSPS) is 20.1. The average Bonchev–Trinajstić information content (AvgIpc) is 2.77. The van der Waals surface area contributed by atoms with Crippen LogP contribution in [0.1, 0.15) is 23.2 Å². The Morgan fingerprint density at radius 3 is 2.69 bits per heavy atom. The molecule has 2 N–H and O–H groups in total. The first-order valence-corrected chi connectivity index (χ1v) is 5.43. The highest BCUT2D eigenvalue weighted by Crippen LogP contribution is 2.20. The van der Waals surface area contributed by atoms with Gasteiger partial charge in [0.1, 0.15) is 5.75 Å². The maximum absolute atomic E-state index is 12.1. The lowest BCUT2D eigenvalue weighted by atomic mass is 10.1. The van der Waals surface area contributed by atoms with Crippen molar-refractivity contribution in [3.05, 3.63) is 29.8 Å². The Bertz CT molecular complexity index is 374. The summed E-state index contributed by atoms with van der Waals surface area (Å²) in [4.78, 5) is 13.8. The van der Waals surface area contributed by atoms with Gasteiger partial charge in [-0.3, -0.25) is 4.79 Å². The molecule has 2 rings (SSSR count). The molecule has 0 spiro atoms. The highest BCUT2D eigenvalue weighted by molar-refractivity contribution is 5.94. The quantitative estimate of drug-likeness (QED) is 0.783. The summed E-state index contributed by atoms with van der Waals surface area (Å²) in [6.45, 7) is 0.717. The molecule has 1 amide bonds. The molecular formula is C12H15NO3. The van der Waals surface area contributed by atoms with Gasteiger partial charge in [0.25, 0.3) is 5.91 Å². The van der Waals surface area contributed by atoms with Crippen molar-refractivity contribution in [2.75, 3.05) is 13.2 Å². The lowest BCUT2D eigenvalue weighted by molar-refractivity contribution is 0.0677. The summed E-state index contributed by atoms with van der Waals surface area (Å²) in [5.74, 6) is 0.0771. The smallest absolute Gasteiger partial charge is 0.254 e. The van der Waals surface area contributed by atoms with Crippen LogP contribution in [0, 0.1) is 0 Å². The van der Waals surface area contributed by atoms with Gasteiger partial charge in [-0.2, -0.15) is 0 Å².